The van der Waals surface area contributed by atoms with Gasteiger partial charge in [0.2, 0.25) is 5.91 Å². The summed E-state index contributed by atoms with van der Waals surface area (Å²) in [6, 6.07) is 11.6. The van der Waals surface area contributed by atoms with Crippen LogP contribution in [0.15, 0.2) is 61.1 Å². The Hall–Kier alpha value is -4.27. The highest BCUT2D eigenvalue weighted by atomic mass is 16.5. The van der Waals surface area contributed by atoms with E-state index < -0.39 is 18.0 Å². The molecule has 1 fully saturated rings. The summed E-state index contributed by atoms with van der Waals surface area (Å²) in [4.78, 5) is 48.5. The highest BCUT2D eigenvalue weighted by molar-refractivity contribution is 6.11. The lowest BCUT2D eigenvalue weighted by molar-refractivity contribution is -0.120. The molecule has 0 spiro atoms. The summed E-state index contributed by atoms with van der Waals surface area (Å²) < 4.78 is 5.21. The first-order chi connectivity index (χ1) is 16.0. The minimum Gasteiger partial charge on any atom is -0.497 e. The Balaban J connectivity index is 1.41. The third-order valence-corrected chi connectivity index (χ3v) is 5.97. The average Bonchev–Trinajstić information content (AvgIpc) is 3.23. The van der Waals surface area contributed by atoms with E-state index in [1.807, 2.05) is 30.3 Å². The van der Waals surface area contributed by atoms with Crippen molar-refractivity contribution in [1.29, 1.82) is 0 Å². The molecule has 9 heteroatoms. The van der Waals surface area contributed by atoms with Crippen molar-refractivity contribution in [2.75, 3.05) is 19.0 Å². The Labute approximate surface area is 189 Å². The normalized spacial score (nSPS) is 19.2. The zero-order valence-electron chi connectivity index (χ0n) is 17.8. The fourth-order valence-corrected chi connectivity index (χ4v) is 4.31. The number of anilines is 1. The van der Waals surface area contributed by atoms with Gasteiger partial charge in [-0.15, -0.1) is 0 Å². The van der Waals surface area contributed by atoms with Crippen LogP contribution in [0.5, 0.6) is 5.75 Å². The molecule has 9 nitrogen and oxygen atoms in total. The van der Waals surface area contributed by atoms with Gasteiger partial charge in [-0.05, 0) is 41.8 Å². The Bertz CT molecular complexity index is 1230. The Kier molecular flexibility index (Phi) is 5.21. The number of nitrogens with zero attached hydrogens (tertiary/aromatic N) is 3. The van der Waals surface area contributed by atoms with Crippen molar-refractivity contribution in [3.63, 3.8) is 0 Å². The van der Waals surface area contributed by atoms with E-state index in [1.54, 1.807) is 19.2 Å². The second-order valence-electron chi connectivity index (χ2n) is 7.88. The van der Waals surface area contributed by atoms with E-state index in [0.29, 0.717) is 24.2 Å². The molecule has 0 bridgehead atoms. The number of nitrogens with one attached hydrogen (secondary N) is 2. The fraction of sp³-hybridized carbons (Fsp3) is 0.208. The predicted octanol–water partition coefficient (Wildman–Crippen LogP) is 2.12. The molecule has 2 N–H and O–H groups in total. The summed E-state index contributed by atoms with van der Waals surface area (Å²) in [5.74, 6) is -0.272. The zero-order valence-corrected chi connectivity index (χ0v) is 17.8. The van der Waals surface area contributed by atoms with Crippen molar-refractivity contribution in [3.05, 3.63) is 72.3 Å². The molecule has 5 rings (SSSR count). The molecule has 3 aromatic rings. The quantitative estimate of drug-likeness (QED) is 0.639. The number of hydrogen-bond donors (Lipinski definition) is 2. The molecule has 166 valence electrons. The minimum atomic E-state index is -0.810. The lowest BCUT2D eigenvalue weighted by Crippen LogP contribution is -2.51. The van der Waals surface area contributed by atoms with Crippen LogP contribution in [0.25, 0.3) is 11.1 Å². The largest absolute Gasteiger partial charge is 0.497 e. The van der Waals surface area contributed by atoms with Gasteiger partial charge in [0, 0.05) is 18.9 Å². The number of ether oxygens (including phenoxy) is 1. The molecule has 33 heavy (non-hydrogen) atoms. The summed E-state index contributed by atoms with van der Waals surface area (Å²) in [7, 11) is 1.61. The summed E-state index contributed by atoms with van der Waals surface area (Å²) >= 11 is 0. The van der Waals surface area contributed by atoms with Gasteiger partial charge < -0.3 is 20.3 Å². The highest BCUT2D eigenvalue weighted by Crippen LogP contribution is 2.32. The van der Waals surface area contributed by atoms with Crippen molar-refractivity contribution in [3.8, 4) is 16.9 Å². The first kappa shape index (κ1) is 20.6. The van der Waals surface area contributed by atoms with Crippen LogP contribution < -0.4 is 15.4 Å². The van der Waals surface area contributed by atoms with E-state index in [0.717, 1.165) is 16.9 Å². The molecular weight excluding hydrogens is 422 g/mol. The Morgan fingerprint density at radius 1 is 1.12 bits per heavy atom. The smallest absolute Gasteiger partial charge is 0.271 e. The number of fused-ring (bicyclic) bond motifs is 2. The van der Waals surface area contributed by atoms with Gasteiger partial charge in [-0.1, -0.05) is 18.2 Å². The average molecular weight is 443 g/mol. The molecule has 3 heterocycles. The standard InChI is InChI=1S/C24H21N5O4/c1-33-16-5-2-14(3-6-16)15-4-7-18-17(12-15)24(32)29-11-8-19(21(29)23(31)27-18)28-22(30)20-13-25-9-10-26-20/h2-7,9-10,12-13,19,21H,8,11H2,1H3,(H,27,31)(H,28,30). The van der Waals surface area contributed by atoms with Gasteiger partial charge in [0.25, 0.3) is 11.8 Å². The van der Waals surface area contributed by atoms with Gasteiger partial charge in [-0.3, -0.25) is 19.4 Å². The Morgan fingerprint density at radius 2 is 1.91 bits per heavy atom. The third-order valence-electron chi connectivity index (χ3n) is 5.97. The van der Waals surface area contributed by atoms with Crippen molar-refractivity contribution < 1.29 is 19.1 Å². The molecule has 0 radical (unpaired) electrons. The van der Waals surface area contributed by atoms with Gasteiger partial charge in [0.15, 0.2) is 0 Å². The van der Waals surface area contributed by atoms with Crippen molar-refractivity contribution >= 4 is 23.4 Å². The van der Waals surface area contributed by atoms with Crippen molar-refractivity contribution in [2.24, 2.45) is 0 Å². The van der Waals surface area contributed by atoms with Crippen LogP contribution in [0.1, 0.15) is 27.3 Å². The van der Waals surface area contributed by atoms with E-state index in [4.69, 9.17) is 4.74 Å². The van der Waals surface area contributed by atoms with E-state index in [1.165, 1.54) is 23.5 Å². The topological polar surface area (TPSA) is 114 Å². The Morgan fingerprint density at radius 3 is 2.64 bits per heavy atom. The predicted molar refractivity (Wildman–Crippen MR) is 120 cm³/mol. The second-order valence-corrected chi connectivity index (χ2v) is 7.88. The van der Waals surface area contributed by atoms with Gasteiger partial charge in [0.05, 0.1) is 30.6 Å². The number of amides is 3. The monoisotopic (exact) mass is 443 g/mol. The summed E-state index contributed by atoms with van der Waals surface area (Å²) in [6.07, 6.45) is 4.72. The fourth-order valence-electron chi connectivity index (χ4n) is 4.31. The SMILES string of the molecule is COc1ccc(-c2ccc3c(c2)C(=O)N2CCC(NC(=O)c4cnccn4)C2C(=O)N3)cc1. The minimum absolute atomic E-state index is 0.156. The number of aromatic nitrogens is 2. The lowest BCUT2D eigenvalue weighted by Gasteiger charge is -2.24. The number of methoxy groups -OCH3 is 1. The molecule has 2 unspecified atom stereocenters. The van der Waals surface area contributed by atoms with E-state index in [2.05, 4.69) is 20.6 Å². The first-order valence-corrected chi connectivity index (χ1v) is 10.5. The molecule has 2 aromatic carbocycles. The van der Waals surface area contributed by atoms with Crippen LogP contribution in [0.4, 0.5) is 5.69 Å². The van der Waals surface area contributed by atoms with E-state index >= 15 is 0 Å². The molecule has 0 aliphatic carbocycles. The maximum Gasteiger partial charge on any atom is 0.271 e. The maximum absolute atomic E-state index is 13.4. The van der Waals surface area contributed by atoms with Gasteiger partial charge >= 0.3 is 0 Å². The lowest BCUT2D eigenvalue weighted by atomic mass is 10.0. The maximum atomic E-state index is 13.4. The first-order valence-electron chi connectivity index (χ1n) is 10.5. The zero-order chi connectivity index (χ0) is 22.9. The van der Waals surface area contributed by atoms with E-state index in [9.17, 15) is 14.4 Å². The van der Waals surface area contributed by atoms with Crippen LogP contribution in [0.2, 0.25) is 0 Å². The summed E-state index contributed by atoms with van der Waals surface area (Å²) in [5.41, 5.74) is 2.80. The van der Waals surface area contributed by atoms with E-state index in [-0.39, 0.29) is 17.5 Å². The number of hydrogen-bond acceptors (Lipinski definition) is 6. The third kappa shape index (κ3) is 3.78. The molecule has 2 aliphatic heterocycles. The number of rotatable bonds is 4. The number of carbonyl (C=O) groups is 3. The highest BCUT2D eigenvalue weighted by Gasteiger charge is 2.45. The number of benzene rings is 2. The molecular formula is C24H21N5O4. The summed E-state index contributed by atoms with van der Waals surface area (Å²) in [6.45, 7) is 0.356. The van der Waals surface area contributed by atoms with Gasteiger partial charge in [0.1, 0.15) is 17.5 Å². The molecule has 2 aliphatic rings. The van der Waals surface area contributed by atoms with Crippen LogP contribution in [0, 0.1) is 0 Å². The van der Waals surface area contributed by atoms with Crippen LogP contribution in [0.3, 0.4) is 0 Å². The van der Waals surface area contributed by atoms with Crippen LogP contribution in [-0.4, -0.2) is 58.3 Å². The molecule has 1 saturated heterocycles. The van der Waals surface area contributed by atoms with Crippen molar-refractivity contribution in [2.45, 2.75) is 18.5 Å². The molecule has 3 amide bonds. The summed E-state index contributed by atoms with van der Waals surface area (Å²) in [5, 5.41) is 5.70. The molecule has 2 atom stereocenters. The van der Waals surface area contributed by atoms with Gasteiger partial charge in [-0.2, -0.15) is 0 Å². The van der Waals surface area contributed by atoms with Crippen molar-refractivity contribution in [1.82, 2.24) is 20.2 Å². The molecule has 1 aromatic heterocycles. The van der Waals surface area contributed by atoms with Gasteiger partial charge in [-0.25, -0.2) is 4.98 Å². The molecule has 0 saturated carbocycles. The second kappa shape index (κ2) is 8.34. The van der Waals surface area contributed by atoms with Crippen LogP contribution >= 0.6 is 0 Å². The number of carbonyl (C=O) groups excluding carboxylic acids is 3. The van der Waals surface area contributed by atoms with Crippen LogP contribution in [-0.2, 0) is 4.79 Å².